The first-order valence-electron chi connectivity index (χ1n) is 2.34. The Morgan fingerprint density at radius 1 is 1.56 bits per heavy atom. The van der Waals surface area contributed by atoms with Crippen molar-refractivity contribution in [1.82, 2.24) is 0 Å². The highest BCUT2D eigenvalue weighted by atomic mass is 17.2. The van der Waals surface area contributed by atoms with Gasteiger partial charge in [0, 0.05) is 0 Å². The van der Waals surface area contributed by atoms with E-state index in [-0.39, 0.29) is 6.61 Å². The molecule has 0 bridgehead atoms. The van der Waals surface area contributed by atoms with E-state index in [2.05, 4.69) is 9.69 Å². The largest absolute Gasteiger partial charge is 0.521 e. The van der Waals surface area contributed by atoms with E-state index in [9.17, 15) is 0 Å². The summed E-state index contributed by atoms with van der Waals surface area (Å²) in [5, 5.41) is 24.5. The lowest BCUT2D eigenvalue weighted by Gasteiger charge is -2.04. The molecule has 5 nitrogen and oxygen atoms in total. The van der Waals surface area contributed by atoms with Crippen molar-refractivity contribution in [2.24, 2.45) is 0 Å². The lowest BCUT2D eigenvalue weighted by molar-refractivity contribution is -0.234. The normalized spacial score (nSPS) is 13.2. The molecule has 1 unspecified atom stereocenters. The minimum absolute atomic E-state index is 0.173. The number of rotatable bonds is 5. The van der Waals surface area contributed by atoms with E-state index in [4.69, 9.17) is 15.2 Å². The Morgan fingerprint density at radius 2 is 2.22 bits per heavy atom. The van der Waals surface area contributed by atoms with Crippen LogP contribution in [0.2, 0.25) is 0 Å². The maximum absolute atomic E-state index is 8.53. The fourth-order valence-electron chi connectivity index (χ4n) is 0.201. The summed E-state index contributed by atoms with van der Waals surface area (Å²) in [6.07, 6.45) is -0.968. The molecule has 0 amide bonds. The summed E-state index contributed by atoms with van der Waals surface area (Å²) in [4.78, 5) is 7.99. The van der Waals surface area contributed by atoms with Gasteiger partial charge in [0.15, 0.2) is 0 Å². The van der Waals surface area contributed by atoms with Crippen LogP contribution in [-0.2, 0) is 9.69 Å². The van der Waals surface area contributed by atoms with Gasteiger partial charge in [-0.05, 0) is 0 Å². The van der Waals surface area contributed by atoms with Crippen LogP contribution in [-0.4, -0.2) is 42.2 Å². The fraction of sp³-hybridized carbons (Fsp3) is 1.00. The predicted octanol–water partition coefficient (Wildman–Crippen LogP) is -2.19. The summed E-state index contributed by atoms with van der Waals surface area (Å²) in [6.45, 7) is -0.567. The molecular weight excluding hydrogens is 127 g/mol. The second-order valence-corrected chi connectivity index (χ2v) is 1.32. The molecule has 9 heavy (non-hydrogen) atoms. The Morgan fingerprint density at radius 3 is 2.67 bits per heavy atom. The van der Waals surface area contributed by atoms with Crippen LogP contribution in [0.5, 0.6) is 0 Å². The summed E-state index contributed by atoms with van der Waals surface area (Å²) in [5.74, 6) is 0. The van der Waals surface area contributed by atoms with Crippen molar-refractivity contribution < 1.29 is 24.9 Å². The minimum atomic E-state index is -0.968. The molecule has 0 saturated carbocycles. The van der Waals surface area contributed by atoms with Crippen LogP contribution in [0.4, 0.5) is 0 Å². The van der Waals surface area contributed by atoms with Crippen molar-refractivity contribution in [3.8, 4) is 0 Å². The second kappa shape index (κ2) is 5.99. The van der Waals surface area contributed by atoms with Gasteiger partial charge in [0.2, 0.25) is 0 Å². The van der Waals surface area contributed by atoms with Gasteiger partial charge < -0.3 is 15.2 Å². The van der Waals surface area contributed by atoms with Crippen molar-refractivity contribution in [3.63, 3.8) is 0 Å². The summed E-state index contributed by atoms with van der Waals surface area (Å²) in [5.41, 5.74) is 0. The van der Waals surface area contributed by atoms with Crippen molar-refractivity contribution in [1.29, 1.82) is 0 Å². The molecule has 0 aliphatic carbocycles. The van der Waals surface area contributed by atoms with E-state index < -0.39 is 12.7 Å². The third kappa shape index (κ3) is 5.74. The third-order valence-electron chi connectivity index (χ3n) is 0.582. The highest BCUT2D eigenvalue weighted by Crippen LogP contribution is 1.82. The Kier molecular flexibility index (Phi) is 5.90. The van der Waals surface area contributed by atoms with Crippen molar-refractivity contribution in [3.05, 3.63) is 0 Å². The lowest BCUT2D eigenvalue weighted by Crippen LogP contribution is -2.20. The van der Waals surface area contributed by atoms with Crippen LogP contribution in [0, 0.1) is 0 Å². The first kappa shape index (κ1) is 8.86. The number of aliphatic hydroxyl groups excluding tert-OH is 2. The smallest absolute Gasteiger partial charge is 0.427 e. The first-order valence-corrected chi connectivity index (χ1v) is 2.34. The zero-order valence-corrected chi connectivity index (χ0v) is 4.73. The molecule has 0 aromatic carbocycles. The molecule has 1 atom stereocenters. The molecule has 0 spiro atoms. The quantitative estimate of drug-likeness (QED) is 0.173. The molecule has 0 aromatic rings. The van der Waals surface area contributed by atoms with E-state index in [0.717, 1.165) is 0 Å². The molecular formula is C3H8BO5. The van der Waals surface area contributed by atoms with Gasteiger partial charge in [-0.25, -0.2) is 4.89 Å². The molecule has 1 radical (unpaired) electrons. The average Bonchev–Trinajstić information content (AvgIpc) is 1.89. The predicted molar refractivity (Wildman–Crippen MR) is 28.1 cm³/mol. The second-order valence-electron chi connectivity index (χ2n) is 1.32. The minimum Gasteiger partial charge on any atom is -0.427 e. The maximum Gasteiger partial charge on any atom is 0.521 e. The number of hydrogen-bond donors (Lipinski definition) is 3. The summed E-state index contributed by atoms with van der Waals surface area (Å²) in [6, 6.07) is 0. The van der Waals surface area contributed by atoms with Crippen molar-refractivity contribution in [2.75, 3.05) is 13.2 Å². The molecule has 0 aromatic heterocycles. The van der Waals surface area contributed by atoms with Crippen LogP contribution in [0.25, 0.3) is 0 Å². The van der Waals surface area contributed by atoms with Crippen LogP contribution in [0.3, 0.4) is 0 Å². The molecule has 0 heterocycles. The SMILES string of the molecule is O[B]OOCC(O)CO. The topological polar surface area (TPSA) is 79.2 Å². The zero-order valence-electron chi connectivity index (χ0n) is 4.73. The molecule has 0 fully saturated rings. The number of aliphatic hydroxyl groups is 2. The highest BCUT2D eigenvalue weighted by molar-refractivity contribution is 6.15. The third-order valence-corrected chi connectivity index (χ3v) is 0.582. The Labute approximate surface area is 53.1 Å². The Hall–Kier alpha value is -0.135. The van der Waals surface area contributed by atoms with E-state index in [0.29, 0.717) is 7.69 Å². The first-order chi connectivity index (χ1) is 4.31. The Bertz CT molecular complexity index is 60.2. The molecule has 0 aliphatic heterocycles. The summed E-state index contributed by atoms with van der Waals surface area (Å²) < 4.78 is 0. The van der Waals surface area contributed by atoms with Gasteiger partial charge in [-0.3, -0.25) is 4.81 Å². The maximum atomic E-state index is 8.53. The molecule has 6 heteroatoms. The van der Waals surface area contributed by atoms with Gasteiger partial charge in [-0.2, -0.15) is 0 Å². The van der Waals surface area contributed by atoms with Crippen LogP contribution < -0.4 is 0 Å². The molecule has 0 rings (SSSR count). The molecule has 3 N–H and O–H groups in total. The molecule has 0 aliphatic rings. The van der Waals surface area contributed by atoms with Gasteiger partial charge in [-0.15, -0.1) is 0 Å². The summed E-state index contributed by atoms with van der Waals surface area (Å²) in [7, 11) is 0.337. The lowest BCUT2D eigenvalue weighted by atomic mass is 10.4. The zero-order chi connectivity index (χ0) is 7.11. The van der Waals surface area contributed by atoms with E-state index >= 15 is 0 Å². The van der Waals surface area contributed by atoms with E-state index in [1.807, 2.05) is 0 Å². The molecule has 0 saturated heterocycles. The van der Waals surface area contributed by atoms with Gasteiger partial charge in [0.25, 0.3) is 0 Å². The van der Waals surface area contributed by atoms with Crippen LogP contribution in [0.15, 0.2) is 0 Å². The highest BCUT2D eigenvalue weighted by Gasteiger charge is 2.01. The van der Waals surface area contributed by atoms with Gasteiger partial charge in [0.05, 0.1) is 6.61 Å². The standard InChI is InChI=1S/C3H8BO5/c5-1-3(6)2-8-9-4-7/h3,5-7H,1-2H2. The van der Waals surface area contributed by atoms with Crippen molar-refractivity contribution >= 4 is 7.69 Å². The van der Waals surface area contributed by atoms with Gasteiger partial charge >= 0.3 is 7.69 Å². The van der Waals surface area contributed by atoms with Gasteiger partial charge in [0.1, 0.15) is 12.7 Å². The van der Waals surface area contributed by atoms with Crippen LogP contribution in [0.1, 0.15) is 0 Å². The van der Waals surface area contributed by atoms with Crippen LogP contribution >= 0.6 is 0 Å². The molecule has 53 valence electrons. The van der Waals surface area contributed by atoms with E-state index in [1.54, 1.807) is 0 Å². The van der Waals surface area contributed by atoms with Crippen molar-refractivity contribution in [2.45, 2.75) is 6.10 Å². The average molecular weight is 135 g/mol. The fourth-order valence-corrected chi connectivity index (χ4v) is 0.201. The monoisotopic (exact) mass is 135 g/mol. The summed E-state index contributed by atoms with van der Waals surface area (Å²) >= 11 is 0. The van der Waals surface area contributed by atoms with Gasteiger partial charge in [-0.1, -0.05) is 0 Å². The van der Waals surface area contributed by atoms with E-state index in [1.165, 1.54) is 0 Å². The number of hydrogen-bond acceptors (Lipinski definition) is 5. The Balaban J connectivity index is 2.88.